The highest BCUT2D eigenvalue weighted by Gasteiger charge is 2.24. The Hall–Kier alpha value is -5.75. The maximum absolute atomic E-state index is 12.3. The molecular formula is C97H113Br3Cl5I4N12O9P4+3. The molecule has 2 N–H and O–H groups in total. The number of nitrogens with zero attached hydrogens (tertiary/aromatic N) is 12. The highest BCUT2D eigenvalue weighted by atomic mass is 127. The number of alkyl halides is 1. The van der Waals surface area contributed by atoms with Crippen LogP contribution in [-0.2, 0) is 79.2 Å². The van der Waals surface area contributed by atoms with Crippen LogP contribution >= 0.6 is 124 Å². The van der Waals surface area contributed by atoms with E-state index >= 15 is 0 Å². The summed E-state index contributed by atoms with van der Waals surface area (Å²) < 4.78 is 86.6. The number of rotatable bonds is 26. The lowest BCUT2D eigenvalue weighted by Crippen LogP contribution is -3.00. The summed E-state index contributed by atoms with van der Waals surface area (Å²) in [7, 11) is -5.33. The van der Waals surface area contributed by atoms with Gasteiger partial charge in [0.25, 0.3) is 0 Å². The Morgan fingerprint density at radius 1 is 0.299 bits per heavy atom. The summed E-state index contributed by atoms with van der Waals surface area (Å²) in [6.07, 6.45) is 41.9. The Balaban J connectivity index is 0.000000864. The third-order valence-electron chi connectivity index (χ3n) is 21.1. The van der Waals surface area contributed by atoms with Gasteiger partial charge in [0, 0.05) is 214 Å². The van der Waals surface area contributed by atoms with E-state index in [1.165, 1.54) is 32.7 Å². The Kier molecular flexibility index (Phi) is 57.5. The summed E-state index contributed by atoms with van der Waals surface area (Å²) in [5.41, 5.74) is 18.1. The molecular weight excluding hydrogens is 2530 g/mol. The molecule has 37 heteroatoms. The van der Waals surface area contributed by atoms with Crippen molar-refractivity contribution in [3.63, 3.8) is 0 Å². The molecule has 16 aromatic rings. The third kappa shape index (κ3) is 37.0. The fourth-order valence-electron chi connectivity index (χ4n) is 14.3. The zero-order valence-corrected chi connectivity index (χ0v) is 96.9. The summed E-state index contributed by atoms with van der Waals surface area (Å²) in [6.45, 7) is 14.6. The van der Waals surface area contributed by atoms with Gasteiger partial charge in [0.05, 0.1) is 60.0 Å². The molecule has 3 unspecified atom stereocenters. The van der Waals surface area contributed by atoms with Crippen molar-refractivity contribution in [1.29, 1.82) is 0 Å². The van der Waals surface area contributed by atoms with Crippen molar-refractivity contribution in [3.05, 3.63) is 342 Å². The Morgan fingerprint density at radius 3 is 0.754 bits per heavy atom. The van der Waals surface area contributed by atoms with E-state index in [0.717, 1.165) is 78.2 Å². The molecule has 12 heterocycles. The van der Waals surface area contributed by atoms with E-state index in [4.69, 9.17) is 23.4 Å². The van der Waals surface area contributed by atoms with Gasteiger partial charge in [-0.3, -0.25) is 23.2 Å². The van der Waals surface area contributed by atoms with Crippen LogP contribution in [0, 0.1) is 0 Å². The fourth-order valence-corrected chi connectivity index (χ4v) is 18.6. The van der Waals surface area contributed by atoms with E-state index in [1.807, 2.05) is 142 Å². The van der Waals surface area contributed by atoms with Crippen LogP contribution in [0.1, 0.15) is 20.8 Å². The van der Waals surface area contributed by atoms with Gasteiger partial charge in [-0.25, -0.2) is 32.0 Å². The number of aromatic nitrogens is 12. The van der Waals surface area contributed by atoms with Crippen molar-refractivity contribution in [3.8, 4) is 67.3 Å². The third-order valence-corrected chi connectivity index (χ3v) is 27.3. The molecule has 21 nitrogen and oxygen atoms in total. The topological polar surface area (TPSA) is 192 Å². The monoisotopic (exact) mass is 2630 g/mol. The van der Waals surface area contributed by atoms with E-state index in [0.29, 0.717) is 64.5 Å². The van der Waals surface area contributed by atoms with Crippen molar-refractivity contribution in [2.24, 2.45) is 21.1 Å². The van der Waals surface area contributed by atoms with E-state index in [2.05, 4.69) is 320 Å². The Morgan fingerprint density at radius 2 is 0.515 bits per heavy atom. The van der Waals surface area contributed by atoms with E-state index in [-0.39, 0.29) is 191 Å². The van der Waals surface area contributed by atoms with Crippen LogP contribution in [0.25, 0.3) is 111 Å². The van der Waals surface area contributed by atoms with E-state index in [9.17, 15) is 18.3 Å². The molecule has 134 heavy (non-hydrogen) atoms. The second-order valence-corrected chi connectivity index (χ2v) is 40.1. The molecule has 0 amide bonds. The standard InChI is InChI=1S/2C25H29N3O2P.C24H26N3O2P.C22H21N3O3P.CH3I.3BrH.5ClH.3HI/c2*1-4-30-31(3,29)19-18-27-14-9-21(10-15-27)22-11-16-28(17-12-22)24-7-8-25-23(20-24)6-5-13-26(25)2;1-3-29-30(2,28)18-17-26-13-8-20(9-14-26)21-10-15-27(16-11-21)23-6-7-24-22(19-23)5-4-12-25-24;1-23-10-2-3-20-17-21(4-5-22(20)23)25-13-8-19(9-14-25)18-6-11-24(12-7-18)15-16-29(26,27)28;1-2;;;;;;;;;;;/h2*5-17,20H,4,18-19H2,1-3H3;4-16,19H,3,17-18H2,1-2H3;2-14,17H,15-16H2,1H3;1H3;11*1H/q2*+3;+2;+1;;;;;;;;;;;;/p-6. The molecule has 0 fully saturated rings. The number of benzene rings is 4. The van der Waals surface area contributed by atoms with Crippen LogP contribution in [-0.4, -0.2) is 84.2 Å². The lowest BCUT2D eigenvalue weighted by molar-refractivity contribution is -0.692. The molecule has 0 saturated carbocycles. The van der Waals surface area contributed by atoms with Gasteiger partial charge in [0.15, 0.2) is 144 Å². The summed E-state index contributed by atoms with van der Waals surface area (Å²) in [5.74, 6) is 0. The highest BCUT2D eigenvalue weighted by Crippen LogP contribution is 2.43. The van der Waals surface area contributed by atoms with Crippen LogP contribution in [0.3, 0.4) is 0 Å². The van der Waals surface area contributed by atoms with Gasteiger partial charge >= 0.3 is 7.60 Å². The average molecular weight is 2640 g/mol. The number of halogens is 12. The zero-order valence-electron chi connectivity index (χ0n) is 75.6. The van der Waals surface area contributed by atoms with Crippen molar-refractivity contribution < 1.29 is 205 Å². The first-order valence-corrected chi connectivity index (χ1v) is 51.7. The minimum absolute atomic E-state index is 0. The van der Waals surface area contributed by atoms with Crippen molar-refractivity contribution in [2.75, 3.05) is 69.4 Å². The highest BCUT2D eigenvalue weighted by molar-refractivity contribution is 14.1. The molecule has 3 atom stereocenters. The maximum atomic E-state index is 12.3. The van der Waals surface area contributed by atoms with Crippen LogP contribution in [0.15, 0.2) is 342 Å². The van der Waals surface area contributed by atoms with Gasteiger partial charge in [-0.05, 0) is 101 Å². The van der Waals surface area contributed by atoms with Gasteiger partial charge in [-0.1, -0.05) is 28.7 Å². The second-order valence-electron chi connectivity index (χ2n) is 30.1. The molecule has 0 bridgehead atoms. The molecule has 0 spiro atoms. The smallest absolute Gasteiger partial charge is 0.331 e. The molecule has 16 rings (SSSR count). The molecule has 716 valence electrons. The summed E-state index contributed by atoms with van der Waals surface area (Å²) in [5, 5.41) is 4.74. The quantitative estimate of drug-likeness (QED) is 0.0228. The van der Waals surface area contributed by atoms with Gasteiger partial charge < -0.3 is 136 Å². The molecule has 0 aliphatic carbocycles. The van der Waals surface area contributed by atoms with Gasteiger partial charge in [-0.15, -0.1) is 71.9 Å². The summed E-state index contributed by atoms with van der Waals surface area (Å²) >= 11 is 2.15. The number of aryl methyl sites for hydroxylation is 7. The Labute approximate surface area is 914 Å². The molecule has 0 saturated heterocycles. The van der Waals surface area contributed by atoms with Crippen molar-refractivity contribution in [1.82, 2.24) is 4.98 Å². The fraction of sp³-hybridized carbons (Fsp3) is 0.216. The van der Waals surface area contributed by atoms with E-state index < -0.39 is 29.7 Å². The minimum Gasteiger partial charge on any atom is -1.00 e. The summed E-state index contributed by atoms with van der Waals surface area (Å²) in [6, 6.07) is 75.6. The predicted molar refractivity (Wildman–Crippen MR) is 539 cm³/mol. The molecule has 0 aliphatic heterocycles. The van der Waals surface area contributed by atoms with Gasteiger partial charge in [0.2, 0.25) is 61.4 Å². The van der Waals surface area contributed by atoms with Gasteiger partial charge in [-0.2, -0.15) is 18.3 Å². The van der Waals surface area contributed by atoms with E-state index in [1.54, 1.807) is 24.6 Å². The molecule has 0 aliphatic rings. The largest absolute Gasteiger partial charge is 1.00 e. The first-order valence-electron chi connectivity index (χ1n) is 40.9. The molecule has 4 aromatic carbocycles. The van der Waals surface area contributed by atoms with Gasteiger partial charge in [0.1, 0.15) is 27.3 Å². The zero-order chi connectivity index (χ0) is 87.1. The number of fused-ring (bicyclic) bond motifs is 4. The first-order chi connectivity index (χ1) is 59.3. The predicted octanol–water partition coefficient (Wildman–Crippen LogP) is -6.90. The van der Waals surface area contributed by atoms with Crippen LogP contribution in [0.4, 0.5) is 0 Å². The lowest BCUT2D eigenvalue weighted by atomic mass is 10.1. The first kappa shape index (κ1) is 126. The summed E-state index contributed by atoms with van der Waals surface area (Å²) in [4.78, 5) is 24.3. The Bertz CT molecular complexity index is 6320. The SMILES string of the molecule is CCOP(C)(=O)CC[n+]1ccc(-c2cc[n+](-c3ccc4c(ccc[n+]4C)c3)cc2)cc1.CCOP(C)(=O)CC[n+]1ccc(-c2cc[n+](-c3ccc4c(ccc[n+]4C)c3)cc2)cc1.CCOP(C)(=O)CC[n+]1ccc(-c2cc[n+](-c3ccc4ncccc4c3)cc2)cc1.CI.C[n+]1cccc2cc(-[n+]3ccc(-c4cc[n+](CCP(=O)(O)O)cc4)cc3)ccc21.I.I.I.[Br-].[Br-].[Br-].[Cl-].[Cl-].[Cl-].[Cl-].[Cl-]. The number of pyridine rings is 12. The van der Waals surface area contributed by atoms with Crippen molar-refractivity contribution in [2.45, 2.75) is 47.0 Å². The second kappa shape index (κ2) is 61.1. The molecule has 0 radical (unpaired) electrons. The normalized spacial score (nSPS) is 11.7. The molecule has 12 aromatic heterocycles. The lowest BCUT2D eigenvalue weighted by Gasteiger charge is -2.10. The minimum atomic E-state index is -3.98. The van der Waals surface area contributed by atoms with Crippen molar-refractivity contribution >= 4 is 168 Å². The average Bonchev–Trinajstić information content (AvgIpc) is 0.810. The maximum Gasteiger partial charge on any atom is 0.331 e. The van der Waals surface area contributed by atoms with Crippen LogP contribution in [0.5, 0.6) is 0 Å². The van der Waals surface area contributed by atoms with Crippen LogP contribution < -0.4 is 163 Å². The van der Waals surface area contributed by atoms with Crippen LogP contribution in [0.2, 0.25) is 0 Å². The number of hydrogen-bond donors (Lipinski definition) is 2. The number of hydrogen-bond acceptors (Lipinski definition) is 8.